The molecule has 0 aromatic heterocycles. The summed E-state index contributed by atoms with van der Waals surface area (Å²) >= 11 is 0. The number of carboxylic acids is 2. The predicted octanol–water partition coefficient (Wildman–Crippen LogP) is 2.59. The van der Waals surface area contributed by atoms with Crippen LogP contribution in [0.15, 0.2) is 46.2 Å². The number of rotatable bonds is 6. The van der Waals surface area contributed by atoms with Crippen molar-refractivity contribution in [3.63, 3.8) is 0 Å². The number of carboxylic acid groups (broad SMARTS) is 2. The summed E-state index contributed by atoms with van der Waals surface area (Å²) in [6.07, 6.45) is 2.57. The lowest BCUT2D eigenvalue weighted by Crippen LogP contribution is -2.50. The molecule has 16 heteroatoms. The topological polar surface area (TPSA) is 199 Å². The molecule has 1 saturated carbocycles. The third kappa shape index (κ3) is 7.41. The van der Waals surface area contributed by atoms with Gasteiger partial charge in [0.15, 0.2) is 0 Å². The van der Waals surface area contributed by atoms with Crippen LogP contribution in [0.2, 0.25) is 0 Å². The highest BCUT2D eigenvalue weighted by Gasteiger charge is 2.49. The van der Waals surface area contributed by atoms with Crippen LogP contribution in [0.4, 0.5) is 8.78 Å². The number of carbonyl (C=O) groups is 2. The lowest BCUT2D eigenvalue weighted by molar-refractivity contribution is -0.143. The number of hydrogen-bond acceptors (Lipinski definition) is 8. The van der Waals surface area contributed by atoms with Crippen molar-refractivity contribution in [3.05, 3.63) is 36.4 Å². The van der Waals surface area contributed by atoms with Gasteiger partial charge >= 0.3 is 11.9 Å². The number of alkyl halides is 2. The van der Waals surface area contributed by atoms with Crippen molar-refractivity contribution in [2.24, 2.45) is 17.8 Å². The summed E-state index contributed by atoms with van der Waals surface area (Å²) in [5.41, 5.74) is 0. The van der Waals surface area contributed by atoms with Gasteiger partial charge in [0.25, 0.3) is 26.2 Å². The first-order valence-corrected chi connectivity index (χ1v) is 16.1. The zero-order chi connectivity index (χ0) is 31.0. The Morgan fingerprint density at radius 1 is 0.881 bits per heavy atom. The number of benzene rings is 2. The minimum absolute atomic E-state index is 0.0233. The van der Waals surface area contributed by atoms with Crippen molar-refractivity contribution in [2.75, 3.05) is 19.6 Å². The highest BCUT2D eigenvalue weighted by Crippen LogP contribution is 2.41. The molecule has 5 atom stereocenters. The summed E-state index contributed by atoms with van der Waals surface area (Å²) in [6.45, 7) is 0.558. The number of hydrogen-bond donors (Lipinski definition) is 5. The fourth-order valence-corrected chi connectivity index (χ4v) is 7.78. The Morgan fingerprint density at radius 2 is 1.45 bits per heavy atom. The van der Waals surface area contributed by atoms with E-state index >= 15 is 0 Å². The summed E-state index contributed by atoms with van der Waals surface area (Å²) in [6, 6.07) is 5.88. The second-order valence-electron chi connectivity index (χ2n) is 11.1. The van der Waals surface area contributed by atoms with E-state index in [0.717, 1.165) is 31.4 Å². The number of likely N-dealkylation sites (tertiary alicyclic amines) is 1. The molecular formula is C26H32F2N2O10S2. The second kappa shape index (κ2) is 12.1. The molecule has 12 nitrogen and oxygen atoms in total. The fraction of sp³-hybridized carbons (Fsp3) is 0.538. The summed E-state index contributed by atoms with van der Waals surface area (Å²) in [7, 11) is -8.94. The second-order valence-corrected chi connectivity index (χ2v) is 13.9. The molecule has 5 rings (SSSR count). The van der Waals surface area contributed by atoms with E-state index in [0.29, 0.717) is 25.4 Å². The SMILES string of the molecule is O=C(O)C1CC2CC(CN3CC(F)(F)CC3C(=O)O)CCC2CN1.O=S(=O)(O)c1cccc2c(S(=O)(=O)O)cccc12. The zero-order valence-electron chi connectivity index (χ0n) is 22.3. The molecule has 5 N–H and O–H groups in total. The molecule has 2 aromatic rings. The maximum atomic E-state index is 13.6. The van der Waals surface area contributed by atoms with E-state index < -0.39 is 72.9 Å². The van der Waals surface area contributed by atoms with Crippen molar-refractivity contribution < 1.29 is 54.5 Å². The minimum Gasteiger partial charge on any atom is -0.480 e. The van der Waals surface area contributed by atoms with Crippen molar-refractivity contribution in [2.45, 2.75) is 59.9 Å². The van der Waals surface area contributed by atoms with E-state index in [4.69, 9.17) is 14.2 Å². The third-order valence-electron chi connectivity index (χ3n) is 8.25. The van der Waals surface area contributed by atoms with Crippen LogP contribution in [-0.2, 0) is 29.8 Å². The van der Waals surface area contributed by atoms with Gasteiger partial charge in [0, 0.05) is 23.7 Å². The van der Waals surface area contributed by atoms with E-state index in [1.807, 2.05) is 0 Å². The fourth-order valence-electron chi connectivity index (χ4n) is 6.37. The molecule has 1 aliphatic carbocycles. The number of nitrogens with zero attached hydrogens (tertiary/aromatic N) is 1. The van der Waals surface area contributed by atoms with Gasteiger partial charge in [-0.15, -0.1) is 0 Å². The molecule has 2 heterocycles. The minimum atomic E-state index is -4.47. The van der Waals surface area contributed by atoms with Gasteiger partial charge in [-0.05, 0) is 62.1 Å². The average Bonchev–Trinajstić information content (AvgIpc) is 3.20. The zero-order valence-corrected chi connectivity index (χ0v) is 23.9. The summed E-state index contributed by atoms with van der Waals surface area (Å²) in [4.78, 5) is 23.0. The summed E-state index contributed by atoms with van der Waals surface area (Å²) < 4.78 is 89.9. The lowest BCUT2D eigenvalue weighted by atomic mass is 9.69. The quantitative estimate of drug-likeness (QED) is 0.292. The third-order valence-corrected chi connectivity index (χ3v) is 10.1. The van der Waals surface area contributed by atoms with Crippen LogP contribution in [-0.4, -0.2) is 90.6 Å². The average molecular weight is 635 g/mol. The van der Waals surface area contributed by atoms with Crippen molar-refractivity contribution in [1.82, 2.24) is 10.2 Å². The van der Waals surface area contributed by atoms with Crippen molar-refractivity contribution in [3.8, 4) is 0 Å². The first-order valence-electron chi connectivity index (χ1n) is 13.2. The highest BCUT2D eigenvalue weighted by atomic mass is 32.2. The molecular weight excluding hydrogens is 602 g/mol. The van der Waals surface area contributed by atoms with E-state index in [1.54, 1.807) is 0 Å². The van der Waals surface area contributed by atoms with E-state index in [2.05, 4.69) is 5.32 Å². The molecule has 0 bridgehead atoms. The molecule has 0 amide bonds. The van der Waals surface area contributed by atoms with Crippen LogP contribution in [0.1, 0.15) is 32.1 Å². The number of aliphatic carboxylic acids is 2. The molecule has 3 fully saturated rings. The Bertz CT molecular complexity index is 1500. The Hall–Kier alpha value is -2.76. The van der Waals surface area contributed by atoms with Crippen LogP contribution in [0.25, 0.3) is 10.8 Å². The molecule has 232 valence electrons. The highest BCUT2D eigenvalue weighted by molar-refractivity contribution is 7.86. The normalized spacial score (nSPS) is 28.0. The largest absolute Gasteiger partial charge is 0.480 e. The van der Waals surface area contributed by atoms with Gasteiger partial charge in [-0.1, -0.05) is 24.3 Å². The Balaban J connectivity index is 0.000000201. The Labute approximate surface area is 241 Å². The van der Waals surface area contributed by atoms with Crippen LogP contribution in [0, 0.1) is 17.8 Å². The van der Waals surface area contributed by atoms with Gasteiger partial charge in [0.2, 0.25) is 0 Å². The first kappa shape index (κ1) is 32.2. The van der Waals surface area contributed by atoms with E-state index in [9.17, 15) is 40.3 Å². The van der Waals surface area contributed by atoms with Gasteiger partial charge in [-0.2, -0.15) is 16.8 Å². The molecule has 2 aliphatic heterocycles. The van der Waals surface area contributed by atoms with E-state index in [1.165, 1.54) is 29.2 Å². The van der Waals surface area contributed by atoms with Gasteiger partial charge < -0.3 is 15.5 Å². The molecule has 2 aromatic carbocycles. The Morgan fingerprint density at radius 3 is 1.95 bits per heavy atom. The molecule has 42 heavy (non-hydrogen) atoms. The standard InChI is InChI=1S/C16H24F2N2O4.C10H8O6S2/c17-16(18)5-13(15(23)24)20(8-16)7-9-1-2-10-6-19-12(14(21)22)4-11(10)3-9;11-17(12,13)9-5-1-3-7-8(9)4-2-6-10(7)18(14,15)16/h9-13,19H,1-8H2,(H,21,22)(H,23,24);1-6H,(H,11,12,13)(H,14,15,16). The van der Waals surface area contributed by atoms with Gasteiger partial charge in [-0.25, -0.2) is 8.78 Å². The van der Waals surface area contributed by atoms with Gasteiger partial charge in [-0.3, -0.25) is 23.6 Å². The lowest BCUT2D eigenvalue weighted by Gasteiger charge is -2.42. The number of halogens is 2. The first-order chi connectivity index (χ1) is 19.5. The van der Waals surface area contributed by atoms with Crippen LogP contribution in [0.3, 0.4) is 0 Å². The van der Waals surface area contributed by atoms with Crippen molar-refractivity contribution in [1.29, 1.82) is 0 Å². The van der Waals surface area contributed by atoms with Crippen LogP contribution in [0.5, 0.6) is 0 Å². The van der Waals surface area contributed by atoms with Gasteiger partial charge in [0.1, 0.15) is 21.9 Å². The number of piperidine rings is 1. The molecule has 0 spiro atoms. The van der Waals surface area contributed by atoms with Gasteiger partial charge in [0.05, 0.1) is 6.54 Å². The molecule has 0 radical (unpaired) electrons. The molecule has 3 aliphatic rings. The molecule has 5 unspecified atom stereocenters. The smallest absolute Gasteiger partial charge is 0.321 e. The maximum absolute atomic E-state index is 13.6. The number of nitrogens with one attached hydrogen (secondary N) is 1. The Kier molecular flexibility index (Phi) is 9.25. The summed E-state index contributed by atoms with van der Waals surface area (Å²) in [5.74, 6) is -4.10. The van der Waals surface area contributed by atoms with Crippen LogP contribution < -0.4 is 5.32 Å². The van der Waals surface area contributed by atoms with E-state index in [-0.39, 0.29) is 22.6 Å². The number of fused-ring (bicyclic) bond motifs is 2. The molecule has 2 saturated heterocycles. The summed E-state index contributed by atoms with van der Waals surface area (Å²) in [5, 5.41) is 21.4. The maximum Gasteiger partial charge on any atom is 0.321 e. The predicted molar refractivity (Wildman–Crippen MR) is 145 cm³/mol. The monoisotopic (exact) mass is 634 g/mol. The van der Waals surface area contributed by atoms with Crippen LogP contribution >= 0.6 is 0 Å². The van der Waals surface area contributed by atoms with Crippen molar-refractivity contribution >= 4 is 42.9 Å².